The molecule has 0 N–H and O–H groups in total. The summed E-state index contributed by atoms with van der Waals surface area (Å²) in [7, 11) is 0.0498. The molecule has 0 aliphatic heterocycles. The van der Waals surface area contributed by atoms with Crippen LogP contribution in [-0.4, -0.2) is 64.5 Å². The summed E-state index contributed by atoms with van der Waals surface area (Å²) in [6, 6.07) is 3.62. The third-order valence-corrected chi connectivity index (χ3v) is 9.11. The van der Waals surface area contributed by atoms with Gasteiger partial charge in [0.25, 0.3) is 0 Å². The molecule has 164 valence electrons. The first kappa shape index (κ1) is 31.7. The highest BCUT2D eigenvalue weighted by molar-refractivity contribution is 7.80. The number of hydrogen-bond acceptors (Lipinski definition) is 8. The number of hydrogen-bond donors (Lipinski definition) is 1. The number of thiol groups is 1. The Bertz CT molecular complexity index is 319. The molecule has 7 nitrogen and oxygen atoms in total. The fraction of sp³-hybridized carbons (Fsp3) is 0.941. The standard InChI is InChI=1S/C8H20O3Si.C7H15NO3Si.C2H6S/c1-5-9-12(8-4,10-6-2)11-7-3;1-9-12(10-2,11-3)7-5-4-6-8;1-2-3/h5-8H2,1-4H3;4-5,7H2,1-3H3;3H,2H2,1H3. The van der Waals surface area contributed by atoms with Crippen molar-refractivity contribution in [3.8, 4) is 6.07 Å². The van der Waals surface area contributed by atoms with E-state index in [1.807, 2.05) is 34.6 Å². The summed E-state index contributed by atoms with van der Waals surface area (Å²) in [5.74, 6) is 0.944. The van der Waals surface area contributed by atoms with E-state index in [2.05, 4.69) is 18.7 Å². The van der Waals surface area contributed by atoms with Gasteiger partial charge < -0.3 is 26.6 Å². The minimum atomic E-state index is -2.41. The molecule has 10 heteroatoms. The van der Waals surface area contributed by atoms with Gasteiger partial charge in [-0.25, -0.2) is 0 Å². The smallest absolute Gasteiger partial charge is 0.377 e. The molecule has 0 amide bonds. The Morgan fingerprint density at radius 1 is 0.778 bits per heavy atom. The lowest BCUT2D eigenvalue weighted by Gasteiger charge is -2.26. The van der Waals surface area contributed by atoms with E-state index >= 15 is 0 Å². The zero-order chi connectivity index (χ0) is 21.6. The second-order valence-electron chi connectivity index (χ2n) is 4.96. The van der Waals surface area contributed by atoms with Crippen molar-refractivity contribution < 1.29 is 26.6 Å². The maximum absolute atomic E-state index is 8.32. The molecule has 0 aliphatic carbocycles. The van der Waals surface area contributed by atoms with Gasteiger partial charge in [0, 0.05) is 59.7 Å². The van der Waals surface area contributed by atoms with Gasteiger partial charge >= 0.3 is 17.6 Å². The van der Waals surface area contributed by atoms with Gasteiger partial charge in [0.15, 0.2) is 0 Å². The summed E-state index contributed by atoms with van der Waals surface area (Å²) in [4.78, 5) is 0. The van der Waals surface area contributed by atoms with Crippen LogP contribution in [0.2, 0.25) is 12.1 Å². The molecular formula is C17H41NO6SSi2. The second kappa shape index (κ2) is 22.3. The molecule has 0 aromatic rings. The van der Waals surface area contributed by atoms with Crippen molar-refractivity contribution in [1.29, 1.82) is 5.26 Å². The fourth-order valence-electron chi connectivity index (χ4n) is 2.03. The second-order valence-corrected chi connectivity index (χ2v) is 11.6. The number of nitrogens with zero attached hydrogens (tertiary/aromatic N) is 1. The van der Waals surface area contributed by atoms with Crippen molar-refractivity contribution >= 4 is 30.2 Å². The van der Waals surface area contributed by atoms with Crippen LogP contribution in [0, 0.1) is 11.3 Å². The molecule has 0 aromatic heterocycles. The van der Waals surface area contributed by atoms with Gasteiger partial charge in [-0.05, 0) is 32.9 Å². The molecule has 0 bridgehead atoms. The van der Waals surface area contributed by atoms with Gasteiger partial charge in [-0.15, -0.1) is 0 Å². The predicted octanol–water partition coefficient (Wildman–Crippen LogP) is 4.16. The first-order valence-electron chi connectivity index (χ1n) is 9.45. The summed E-state index contributed by atoms with van der Waals surface area (Å²) in [6.07, 6.45) is 1.28. The Hall–Kier alpha value is 0.0338. The Morgan fingerprint density at radius 3 is 1.37 bits per heavy atom. The molecule has 0 rings (SSSR count). The lowest BCUT2D eigenvalue weighted by atomic mass is 10.4. The van der Waals surface area contributed by atoms with E-state index in [1.54, 1.807) is 21.3 Å². The van der Waals surface area contributed by atoms with Gasteiger partial charge in [0.1, 0.15) is 0 Å². The van der Waals surface area contributed by atoms with Gasteiger partial charge in [0.05, 0.1) is 6.07 Å². The van der Waals surface area contributed by atoms with Crippen LogP contribution in [0.3, 0.4) is 0 Å². The van der Waals surface area contributed by atoms with Gasteiger partial charge in [0.2, 0.25) is 0 Å². The minimum Gasteiger partial charge on any atom is -0.377 e. The Balaban J connectivity index is -0.000000372. The minimum absolute atomic E-state index is 0.519. The summed E-state index contributed by atoms with van der Waals surface area (Å²) in [5.41, 5.74) is 0. The van der Waals surface area contributed by atoms with E-state index in [4.69, 9.17) is 31.8 Å². The highest BCUT2D eigenvalue weighted by Crippen LogP contribution is 2.16. The first-order chi connectivity index (χ1) is 12.9. The molecule has 0 atom stereocenters. The summed E-state index contributed by atoms with van der Waals surface area (Å²) in [5, 5.41) is 8.32. The number of rotatable bonds is 13. The number of unbranched alkanes of at least 4 members (excludes halogenated alkanes) is 1. The van der Waals surface area contributed by atoms with E-state index in [1.165, 1.54) is 0 Å². The van der Waals surface area contributed by atoms with Gasteiger partial charge in [-0.2, -0.15) is 17.9 Å². The molecule has 0 aliphatic rings. The molecule has 0 radical (unpaired) electrons. The average molecular weight is 444 g/mol. The molecule has 0 saturated carbocycles. The van der Waals surface area contributed by atoms with E-state index in [-0.39, 0.29) is 0 Å². The van der Waals surface area contributed by atoms with Crippen molar-refractivity contribution in [3.63, 3.8) is 0 Å². The lowest BCUT2D eigenvalue weighted by Crippen LogP contribution is -2.45. The first-order valence-corrected chi connectivity index (χ1v) is 13.9. The van der Waals surface area contributed by atoms with E-state index < -0.39 is 17.6 Å². The zero-order valence-electron chi connectivity index (χ0n) is 18.5. The molecule has 0 fully saturated rings. The Labute approximate surface area is 174 Å². The van der Waals surface area contributed by atoms with Crippen LogP contribution in [0.15, 0.2) is 0 Å². The average Bonchev–Trinajstić information content (AvgIpc) is 2.67. The van der Waals surface area contributed by atoms with Crippen molar-refractivity contribution in [2.75, 3.05) is 46.9 Å². The Morgan fingerprint density at radius 2 is 1.15 bits per heavy atom. The molecule has 0 unspecified atom stereocenters. The molecule has 0 aromatic carbocycles. The van der Waals surface area contributed by atoms with Crippen LogP contribution in [0.1, 0.15) is 47.5 Å². The molecule has 0 saturated heterocycles. The van der Waals surface area contributed by atoms with E-state index in [9.17, 15) is 0 Å². The van der Waals surface area contributed by atoms with Crippen LogP contribution in [-0.2, 0) is 26.6 Å². The lowest BCUT2D eigenvalue weighted by molar-refractivity contribution is 0.0725. The monoisotopic (exact) mass is 443 g/mol. The topological polar surface area (TPSA) is 79.2 Å². The van der Waals surface area contributed by atoms with Crippen LogP contribution in [0.4, 0.5) is 0 Å². The summed E-state index contributed by atoms with van der Waals surface area (Å²) >= 11 is 3.79. The van der Waals surface area contributed by atoms with E-state index in [0.717, 1.165) is 18.2 Å². The van der Waals surface area contributed by atoms with E-state index in [0.29, 0.717) is 32.3 Å². The maximum atomic E-state index is 8.32. The maximum Gasteiger partial charge on any atom is 0.500 e. The molecule has 0 spiro atoms. The fourth-order valence-corrected chi connectivity index (χ4v) is 5.94. The Kier molecular flexibility index (Phi) is 26.2. The summed E-state index contributed by atoms with van der Waals surface area (Å²) in [6.45, 7) is 11.9. The SMILES string of the molecule is CCO[Si](CC)(OCC)OCC.CCS.CO[Si](CCCC#N)(OC)OC. The zero-order valence-corrected chi connectivity index (χ0v) is 21.4. The van der Waals surface area contributed by atoms with Crippen molar-refractivity contribution in [1.82, 2.24) is 0 Å². The quantitative estimate of drug-likeness (QED) is 0.260. The number of nitriles is 1. The van der Waals surface area contributed by atoms with Crippen molar-refractivity contribution in [2.24, 2.45) is 0 Å². The van der Waals surface area contributed by atoms with Crippen LogP contribution in [0.5, 0.6) is 0 Å². The third-order valence-electron chi connectivity index (χ3n) is 3.23. The molecule has 0 heterocycles. The largest absolute Gasteiger partial charge is 0.500 e. The predicted molar refractivity (Wildman–Crippen MR) is 117 cm³/mol. The van der Waals surface area contributed by atoms with Crippen molar-refractivity contribution in [3.05, 3.63) is 0 Å². The normalized spacial score (nSPS) is 11.0. The van der Waals surface area contributed by atoms with Gasteiger partial charge in [-0.3, -0.25) is 0 Å². The summed E-state index contributed by atoms with van der Waals surface area (Å²) < 4.78 is 32.2. The third kappa shape index (κ3) is 16.7. The highest BCUT2D eigenvalue weighted by atomic mass is 32.1. The molecular weight excluding hydrogens is 402 g/mol. The highest BCUT2D eigenvalue weighted by Gasteiger charge is 2.38. The van der Waals surface area contributed by atoms with Crippen molar-refractivity contribution in [2.45, 2.75) is 59.5 Å². The van der Waals surface area contributed by atoms with Crippen LogP contribution >= 0.6 is 12.6 Å². The van der Waals surface area contributed by atoms with Crippen LogP contribution < -0.4 is 0 Å². The van der Waals surface area contributed by atoms with Gasteiger partial charge in [-0.1, -0.05) is 13.8 Å². The molecule has 27 heavy (non-hydrogen) atoms. The van der Waals surface area contributed by atoms with Crippen LogP contribution in [0.25, 0.3) is 0 Å².